The molecule has 1 fully saturated rings. The maximum Gasteiger partial charge on any atom is 0.239 e. The van der Waals surface area contributed by atoms with Crippen molar-refractivity contribution in [2.24, 2.45) is 0 Å². The van der Waals surface area contributed by atoms with Gasteiger partial charge >= 0.3 is 0 Å². The van der Waals surface area contributed by atoms with Gasteiger partial charge in [0.15, 0.2) is 18.0 Å². The fourth-order valence-electron chi connectivity index (χ4n) is 3.14. The lowest BCUT2D eigenvalue weighted by atomic mass is 10.1. The van der Waals surface area contributed by atoms with E-state index in [1.165, 1.54) is 0 Å². The van der Waals surface area contributed by atoms with Crippen molar-refractivity contribution < 1.29 is 14.3 Å². The number of hydrogen-bond donors (Lipinski definition) is 0. The second-order valence-electron chi connectivity index (χ2n) is 8.27. The molecule has 2 atom stereocenters. The van der Waals surface area contributed by atoms with Crippen LogP contribution in [0.4, 0.5) is 0 Å². The number of epoxide rings is 1. The highest BCUT2D eigenvalue weighted by Crippen LogP contribution is 2.31. The molecule has 1 saturated heterocycles. The molecule has 6 heteroatoms. The standard InChI is InChI=1S/C18H33NO3Si2/c1-8-9-10-11-12-13-14-15(20)16-17(22-16)18(21)19(23(2,3)4)24(5,6)7/h8-9,11-12,16-17H,10,13-14H2,1-7H3/b9-8+,12-11+. The van der Waals surface area contributed by atoms with Crippen LogP contribution in [0.5, 0.6) is 0 Å². The number of amides is 1. The quantitative estimate of drug-likeness (QED) is 0.350. The minimum Gasteiger partial charge on any atom is -0.394 e. The van der Waals surface area contributed by atoms with Crippen LogP contribution in [0.25, 0.3) is 0 Å². The van der Waals surface area contributed by atoms with Gasteiger partial charge in [-0.3, -0.25) is 9.59 Å². The van der Waals surface area contributed by atoms with Crippen molar-refractivity contribution in [1.29, 1.82) is 0 Å². The van der Waals surface area contributed by atoms with Crippen LogP contribution in [0.3, 0.4) is 0 Å². The minimum absolute atomic E-state index is 0.0373. The van der Waals surface area contributed by atoms with Gasteiger partial charge in [-0.25, -0.2) is 0 Å². The molecule has 1 aliphatic rings. The minimum atomic E-state index is -1.78. The third kappa shape index (κ3) is 6.14. The number of Topliss-reactive ketones (excluding diaryl/α,β-unsaturated/α-hetero) is 1. The zero-order valence-electron chi connectivity index (χ0n) is 16.3. The van der Waals surface area contributed by atoms with Crippen LogP contribution >= 0.6 is 0 Å². The van der Waals surface area contributed by atoms with E-state index in [-0.39, 0.29) is 11.7 Å². The summed E-state index contributed by atoms with van der Waals surface area (Å²) in [6, 6.07) is 0. The van der Waals surface area contributed by atoms with E-state index in [1.54, 1.807) is 0 Å². The zero-order chi connectivity index (χ0) is 18.5. The average Bonchev–Trinajstić information content (AvgIpc) is 3.19. The summed E-state index contributed by atoms with van der Waals surface area (Å²) in [5, 5.41) is 0. The monoisotopic (exact) mass is 367 g/mol. The zero-order valence-corrected chi connectivity index (χ0v) is 18.3. The summed E-state index contributed by atoms with van der Waals surface area (Å²) in [5.74, 6) is 0.0884. The summed E-state index contributed by atoms with van der Waals surface area (Å²) in [7, 11) is -3.56. The SMILES string of the molecule is C/C=C/C/C=C/CCC(=O)C1OC1C(=O)N([Si](C)(C)C)[Si](C)(C)C. The Bertz CT molecular complexity index is 501. The number of hydrogen-bond acceptors (Lipinski definition) is 3. The van der Waals surface area contributed by atoms with Gasteiger partial charge in [0.25, 0.3) is 0 Å². The van der Waals surface area contributed by atoms with Crippen LogP contribution in [0.15, 0.2) is 24.3 Å². The highest BCUT2D eigenvalue weighted by atomic mass is 28.4. The number of carbonyl (C=O) groups excluding carboxylic acids is 2. The molecule has 0 N–H and O–H groups in total. The van der Waals surface area contributed by atoms with E-state index in [0.29, 0.717) is 12.8 Å². The first kappa shape index (κ1) is 21.1. The summed E-state index contributed by atoms with van der Waals surface area (Å²) in [5.41, 5.74) is 0. The van der Waals surface area contributed by atoms with E-state index in [4.69, 9.17) is 4.74 Å². The summed E-state index contributed by atoms with van der Waals surface area (Å²) >= 11 is 0. The first-order chi connectivity index (χ1) is 11.0. The number of nitrogens with zero attached hydrogens (tertiary/aromatic N) is 1. The molecule has 1 amide bonds. The van der Waals surface area contributed by atoms with Crippen LogP contribution in [-0.2, 0) is 14.3 Å². The Balaban J connectivity index is 2.55. The van der Waals surface area contributed by atoms with Crippen LogP contribution in [-0.4, -0.2) is 44.6 Å². The van der Waals surface area contributed by atoms with E-state index in [9.17, 15) is 9.59 Å². The normalized spacial score (nSPS) is 21.5. The first-order valence-electron chi connectivity index (χ1n) is 8.78. The van der Waals surface area contributed by atoms with Crippen molar-refractivity contribution >= 4 is 28.2 Å². The Morgan fingerprint density at radius 2 is 1.54 bits per heavy atom. The Kier molecular flexibility index (Phi) is 7.37. The van der Waals surface area contributed by atoms with Gasteiger partial charge in [-0.2, -0.15) is 0 Å². The maximum atomic E-state index is 12.9. The molecule has 136 valence electrons. The third-order valence-corrected chi connectivity index (χ3v) is 11.0. The number of rotatable bonds is 9. The molecular weight excluding hydrogens is 334 g/mol. The lowest BCUT2D eigenvalue weighted by Crippen LogP contribution is -2.63. The summed E-state index contributed by atoms with van der Waals surface area (Å²) < 4.78 is 7.58. The molecule has 0 saturated carbocycles. The molecule has 24 heavy (non-hydrogen) atoms. The first-order valence-corrected chi connectivity index (χ1v) is 15.7. The van der Waals surface area contributed by atoms with Crippen molar-refractivity contribution in [3.8, 4) is 0 Å². The van der Waals surface area contributed by atoms with Crippen LogP contribution < -0.4 is 0 Å². The Hall–Kier alpha value is -0.986. The summed E-state index contributed by atoms with van der Waals surface area (Å²) in [6.45, 7) is 15.1. The topological polar surface area (TPSA) is 49.9 Å². The fraction of sp³-hybridized carbons (Fsp3) is 0.667. The van der Waals surface area contributed by atoms with Crippen molar-refractivity contribution in [2.75, 3.05) is 0 Å². The maximum absolute atomic E-state index is 12.9. The number of allylic oxidation sites excluding steroid dienone is 4. The van der Waals surface area contributed by atoms with Gasteiger partial charge in [0.2, 0.25) is 5.91 Å². The molecule has 0 bridgehead atoms. The fourth-order valence-corrected chi connectivity index (χ4v) is 12.8. The third-order valence-electron chi connectivity index (χ3n) is 3.85. The largest absolute Gasteiger partial charge is 0.394 e. The second-order valence-corrected chi connectivity index (χ2v) is 18.3. The van der Waals surface area contributed by atoms with E-state index in [1.807, 2.05) is 19.1 Å². The molecule has 1 aliphatic heterocycles. The second kappa shape index (κ2) is 8.40. The number of carbonyl (C=O) groups is 2. The molecule has 0 aromatic carbocycles. The van der Waals surface area contributed by atoms with Gasteiger partial charge < -0.3 is 8.97 Å². The predicted octanol–water partition coefficient (Wildman–Crippen LogP) is 4.12. The highest BCUT2D eigenvalue weighted by Gasteiger charge is 2.54. The smallest absolute Gasteiger partial charge is 0.239 e. The molecule has 0 aromatic heterocycles. The number of ketones is 1. The molecule has 1 heterocycles. The van der Waals surface area contributed by atoms with Gasteiger partial charge in [0, 0.05) is 6.42 Å². The molecule has 0 radical (unpaired) electrons. The van der Waals surface area contributed by atoms with Gasteiger partial charge in [-0.15, -0.1) is 0 Å². The molecule has 2 unspecified atom stereocenters. The lowest BCUT2D eigenvalue weighted by Gasteiger charge is -2.43. The molecular formula is C18H33NO3Si2. The van der Waals surface area contributed by atoms with Gasteiger partial charge in [0.1, 0.15) is 16.5 Å². The van der Waals surface area contributed by atoms with Crippen molar-refractivity contribution in [3.63, 3.8) is 0 Å². The predicted molar refractivity (Wildman–Crippen MR) is 105 cm³/mol. The van der Waals surface area contributed by atoms with Gasteiger partial charge in [-0.1, -0.05) is 63.6 Å². The van der Waals surface area contributed by atoms with Gasteiger partial charge in [0.05, 0.1) is 0 Å². The summed E-state index contributed by atoms with van der Waals surface area (Å²) in [4.78, 5) is 25.1. The highest BCUT2D eigenvalue weighted by molar-refractivity contribution is 6.92. The lowest BCUT2D eigenvalue weighted by molar-refractivity contribution is -0.126. The average molecular weight is 368 g/mol. The molecule has 0 aliphatic carbocycles. The van der Waals surface area contributed by atoms with Crippen LogP contribution in [0.1, 0.15) is 26.2 Å². The van der Waals surface area contributed by atoms with Crippen molar-refractivity contribution in [2.45, 2.75) is 77.7 Å². The van der Waals surface area contributed by atoms with E-state index in [2.05, 4.69) is 55.7 Å². The molecule has 0 spiro atoms. The van der Waals surface area contributed by atoms with E-state index < -0.39 is 28.7 Å². The molecule has 4 nitrogen and oxygen atoms in total. The van der Waals surface area contributed by atoms with Crippen molar-refractivity contribution in [1.82, 2.24) is 4.23 Å². The summed E-state index contributed by atoms with van der Waals surface area (Å²) in [6.07, 6.45) is 9.15. The Labute approximate surface area is 149 Å². The van der Waals surface area contributed by atoms with Crippen LogP contribution in [0.2, 0.25) is 39.3 Å². The Morgan fingerprint density at radius 3 is 2.04 bits per heavy atom. The molecule has 0 aromatic rings. The van der Waals surface area contributed by atoms with E-state index >= 15 is 0 Å². The van der Waals surface area contributed by atoms with Gasteiger partial charge in [-0.05, 0) is 19.8 Å². The number of ether oxygens (including phenoxy) is 1. The molecule has 1 rings (SSSR count). The van der Waals surface area contributed by atoms with Crippen molar-refractivity contribution in [3.05, 3.63) is 24.3 Å². The van der Waals surface area contributed by atoms with Crippen LogP contribution in [0, 0.1) is 0 Å². The van der Waals surface area contributed by atoms with E-state index in [0.717, 1.165) is 6.42 Å². The Morgan fingerprint density at radius 1 is 0.958 bits per heavy atom.